The Morgan fingerprint density at radius 2 is 1.80 bits per heavy atom. The molecular formula is C17H16N2O. The van der Waals surface area contributed by atoms with Crippen molar-refractivity contribution in [2.24, 2.45) is 5.92 Å². The Morgan fingerprint density at radius 1 is 1.00 bits per heavy atom. The molecule has 2 atom stereocenters. The maximum atomic E-state index is 12.3. The summed E-state index contributed by atoms with van der Waals surface area (Å²) < 4.78 is 0. The van der Waals surface area contributed by atoms with Crippen LogP contribution in [0.2, 0.25) is 0 Å². The number of carbonyl (C=O) groups is 1. The smallest absolute Gasteiger partial charge is 0.228 e. The van der Waals surface area contributed by atoms with Gasteiger partial charge in [0.05, 0.1) is 0 Å². The fraction of sp³-hybridized carbons (Fsp3) is 0.235. The van der Waals surface area contributed by atoms with E-state index in [-0.39, 0.29) is 17.7 Å². The van der Waals surface area contributed by atoms with Gasteiger partial charge in [-0.3, -0.25) is 4.79 Å². The number of nitrogens with one attached hydrogen (secondary N) is 1. The Bertz CT molecular complexity index is 708. The molecular weight excluding hydrogens is 248 g/mol. The second-order valence-corrected chi connectivity index (χ2v) is 5.73. The van der Waals surface area contributed by atoms with E-state index in [9.17, 15) is 4.79 Å². The van der Waals surface area contributed by atoms with Gasteiger partial charge in [0.15, 0.2) is 0 Å². The zero-order chi connectivity index (χ0) is 13.7. The normalized spacial score (nSPS) is 23.3. The molecule has 0 spiro atoms. The van der Waals surface area contributed by atoms with Crippen LogP contribution in [0.5, 0.6) is 0 Å². The van der Waals surface area contributed by atoms with Gasteiger partial charge >= 0.3 is 0 Å². The molecule has 3 N–H and O–H groups in total. The molecule has 2 aromatic carbocycles. The number of fused-ring (bicyclic) bond motifs is 4. The molecule has 3 heteroatoms. The van der Waals surface area contributed by atoms with Crippen molar-refractivity contribution in [1.29, 1.82) is 0 Å². The van der Waals surface area contributed by atoms with Crippen LogP contribution in [-0.4, -0.2) is 5.91 Å². The van der Waals surface area contributed by atoms with Crippen LogP contribution in [0.3, 0.4) is 0 Å². The molecule has 0 saturated heterocycles. The first-order valence-electron chi connectivity index (χ1n) is 6.99. The maximum absolute atomic E-state index is 12.3. The van der Waals surface area contributed by atoms with Gasteiger partial charge in [0.25, 0.3) is 0 Å². The van der Waals surface area contributed by atoms with E-state index in [1.54, 1.807) is 0 Å². The van der Waals surface area contributed by atoms with Gasteiger partial charge in [-0.25, -0.2) is 0 Å². The first-order chi connectivity index (χ1) is 9.72. The predicted octanol–water partition coefficient (Wildman–Crippen LogP) is 2.72. The maximum Gasteiger partial charge on any atom is 0.228 e. The van der Waals surface area contributed by atoms with Crippen molar-refractivity contribution in [3.8, 4) is 0 Å². The Labute approximate surface area is 117 Å². The molecule has 100 valence electrons. The number of nitrogens with two attached hydrogens (primary N) is 1. The minimum atomic E-state index is 0.0270. The number of carbonyl (C=O) groups excluding carboxylic acids is 1. The van der Waals surface area contributed by atoms with Gasteiger partial charge in [-0.15, -0.1) is 0 Å². The van der Waals surface area contributed by atoms with Crippen molar-refractivity contribution in [2.45, 2.75) is 18.8 Å². The van der Waals surface area contributed by atoms with Gasteiger partial charge in [-0.05, 0) is 47.7 Å². The summed E-state index contributed by atoms with van der Waals surface area (Å²) in [5, 5.41) is 3.03. The average molecular weight is 264 g/mol. The number of nitrogen functional groups attached to an aromatic ring is 1. The van der Waals surface area contributed by atoms with Gasteiger partial charge in [0.1, 0.15) is 0 Å². The van der Waals surface area contributed by atoms with Crippen molar-refractivity contribution < 1.29 is 4.79 Å². The topological polar surface area (TPSA) is 55.1 Å². The molecule has 0 aromatic heterocycles. The number of hydrogen-bond donors (Lipinski definition) is 2. The van der Waals surface area contributed by atoms with Crippen LogP contribution in [0.25, 0.3) is 0 Å². The summed E-state index contributed by atoms with van der Waals surface area (Å²) in [5.41, 5.74) is 11.4. The van der Waals surface area contributed by atoms with Gasteiger partial charge in [-0.1, -0.05) is 24.3 Å². The molecule has 0 bridgehead atoms. The van der Waals surface area contributed by atoms with Crippen molar-refractivity contribution in [1.82, 2.24) is 0 Å². The number of rotatable bonds is 0. The fourth-order valence-corrected chi connectivity index (χ4v) is 3.56. The quantitative estimate of drug-likeness (QED) is 0.719. The Hall–Kier alpha value is -2.29. The summed E-state index contributed by atoms with van der Waals surface area (Å²) in [6, 6.07) is 14.2. The lowest BCUT2D eigenvalue weighted by Gasteiger charge is -2.37. The minimum Gasteiger partial charge on any atom is -0.399 e. The van der Waals surface area contributed by atoms with Crippen molar-refractivity contribution >= 4 is 17.3 Å². The molecule has 1 heterocycles. The van der Waals surface area contributed by atoms with Crippen LogP contribution in [-0.2, 0) is 17.6 Å². The molecule has 2 unspecified atom stereocenters. The van der Waals surface area contributed by atoms with E-state index in [0.717, 1.165) is 24.2 Å². The van der Waals surface area contributed by atoms with Gasteiger partial charge < -0.3 is 11.1 Å². The summed E-state index contributed by atoms with van der Waals surface area (Å²) in [4.78, 5) is 12.3. The fourth-order valence-electron chi connectivity index (χ4n) is 3.56. The lowest BCUT2D eigenvalue weighted by molar-refractivity contribution is -0.121. The van der Waals surface area contributed by atoms with Crippen LogP contribution in [0.15, 0.2) is 42.5 Å². The van der Waals surface area contributed by atoms with Crippen LogP contribution >= 0.6 is 0 Å². The molecule has 2 aliphatic rings. The SMILES string of the molecule is Nc1ccc2c(c1)CC1C(=O)Nc3ccccc3C1C2. The number of benzene rings is 2. The van der Waals surface area contributed by atoms with E-state index in [4.69, 9.17) is 5.73 Å². The Kier molecular flexibility index (Phi) is 2.36. The van der Waals surface area contributed by atoms with Crippen LogP contribution in [0.1, 0.15) is 22.6 Å². The summed E-state index contributed by atoms with van der Waals surface area (Å²) in [6.07, 6.45) is 1.70. The van der Waals surface area contributed by atoms with E-state index in [0.29, 0.717) is 0 Å². The molecule has 4 rings (SSSR count). The second kappa shape index (κ2) is 4.10. The standard InChI is InChI=1S/C17H16N2O/c18-12-6-5-10-8-14-13-3-1-2-4-16(13)19-17(20)15(14)9-11(10)7-12/h1-7,14-15H,8-9,18H2,(H,19,20). The molecule has 0 fully saturated rings. The highest BCUT2D eigenvalue weighted by Gasteiger charge is 2.38. The van der Waals surface area contributed by atoms with Crippen molar-refractivity contribution in [3.63, 3.8) is 0 Å². The summed E-state index contributed by atoms with van der Waals surface area (Å²) in [7, 11) is 0. The molecule has 3 nitrogen and oxygen atoms in total. The van der Waals surface area contributed by atoms with E-state index in [1.807, 2.05) is 30.3 Å². The highest BCUT2D eigenvalue weighted by molar-refractivity contribution is 5.97. The molecule has 20 heavy (non-hydrogen) atoms. The lowest BCUT2D eigenvalue weighted by Crippen LogP contribution is -2.38. The number of hydrogen-bond acceptors (Lipinski definition) is 2. The third-order valence-electron chi connectivity index (χ3n) is 4.55. The summed E-state index contributed by atoms with van der Waals surface area (Å²) >= 11 is 0. The Balaban J connectivity index is 1.82. The third-order valence-corrected chi connectivity index (χ3v) is 4.55. The molecule has 0 radical (unpaired) electrons. The van der Waals surface area contributed by atoms with Gasteiger partial charge in [0, 0.05) is 23.2 Å². The number of amides is 1. The zero-order valence-electron chi connectivity index (χ0n) is 11.1. The van der Waals surface area contributed by atoms with E-state index in [2.05, 4.69) is 17.4 Å². The van der Waals surface area contributed by atoms with Gasteiger partial charge in [0.2, 0.25) is 5.91 Å². The lowest BCUT2D eigenvalue weighted by atomic mass is 9.70. The molecule has 1 aliphatic carbocycles. The van der Waals surface area contributed by atoms with Crippen LogP contribution in [0.4, 0.5) is 11.4 Å². The predicted molar refractivity (Wildman–Crippen MR) is 79.6 cm³/mol. The van der Waals surface area contributed by atoms with E-state index < -0.39 is 0 Å². The molecule has 1 aliphatic heterocycles. The number of anilines is 2. The minimum absolute atomic E-state index is 0.0270. The molecule has 1 amide bonds. The first-order valence-corrected chi connectivity index (χ1v) is 6.99. The largest absolute Gasteiger partial charge is 0.399 e. The monoisotopic (exact) mass is 264 g/mol. The van der Waals surface area contributed by atoms with Crippen LogP contribution in [0, 0.1) is 5.92 Å². The third kappa shape index (κ3) is 1.63. The van der Waals surface area contributed by atoms with E-state index >= 15 is 0 Å². The average Bonchev–Trinajstić information content (AvgIpc) is 2.46. The highest BCUT2D eigenvalue weighted by Crippen LogP contribution is 2.43. The first kappa shape index (κ1) is 11.5. The zero-order valence-corrected chi connectivity index (χ0v) is 11.1. The molecule has 2 aromatic rings. The Morgan fingerprint density at radius 3 is 2.70 bits per heavy atom. The van der Waals surface area contributed by atoms with Crippen molar-refractivity contribution in [3.05, 3.63) is 59.2 Å². The summed E-state index contributed by atoms with van der Waals surface area (Å²) in [5.74, 6) is 0.456. The van der Waals surface area contributed by atoms with Gasteiger partial charge in [-0.2, -0.15) is 0 Å². The second-order valence-electron chi connectivity index (χ2n) is 5.73. The molecule has 0 saturated carbocycles. The van der Waals surface area contributed by atoms with Crippen molar-refractivity contribution in [2.75, 3.05) is 11.1 Å². The van der Waals surface area contributed by atoms with Crippen LogP contribution < -0.4 is 11.1 Å². The number of para-hydroxylation sites is 1. The van der Waals surface area contributed by atoms with E-state index in [1.165, 1.54) is 16.7 Å². The highest BCUT2D eigenvalue weighted by atomic mass is 16.2. The summed E-state index contributed by atoms with van der Waals surface area (Å²) in [6.45, 7) is 0.